The molecule has 1 N–H and O–H groups in total. The monoisotopic (exact) mass is 171 g/mol. The molecule has 2 atom stereocenters. The van der Waals surface area contributed by atoms with Gasteiger partial charge in [-0.25, -0.2) is 0 Å². The predicted octanol–water partition coefficient (Wildman–Crippen LogP) is 0.435. The highest BCUT2D eigenvalue weighted by atomic mass is 16.5. The minimum absolute atomic E-state index is 0.190. The normalized spacial score (nSPS) is 34.0. The van der Waals surface area contributed by atoms with Crippen LogP contribution >= 0.6 is 0 Å². The summed E-state index contributed by atoms with van der Waals surface area (Å²) in [6.45, 7) is 1.91. The van der Waals surface area contributed by atoms with Gasteiger partial charge < -0.3 is 9.84 Å². The van der Waals surface area contributed by atoms with E-state index in [0.717, 1.165) is 19.5 Å². The lowest BCUT2D eigenvalue weighted by atomic mass is 10.3. The lowest BCUT2D eigenvalue weighted by Gasteiger charge is -2.22. The number of aliphatic hydroxyl groups is 1. The first kappa shape index (κ1) is 8.48. The van der Waals surface area contributed by atoms with E-state index in [-0.39, 0.29) is 6.23 Å². The Labute approximate surface area is 73.3 Å². The van der Waals surface area contributed by atoms with Gasteiger partial charge in [0.1, 0.15) is 6.23 Å². The van der Waals surface area contributed by atoms with Crippen LogP contribution in [0.25, 0.3) is 0 Å². The fourth-order valence-electron chi connectivity index (χ4n) is 1.88. The summed E-state index contributed by atoms with van der Waals surface area (Å²) in [5, 5.41) is 9.77. The summed E-state index contributed by atoms with van der Waals surface area (Å²) in [6.07, 6.45) is 3.63. The minimum atomic E-state index is -0.190. The number of methoxy groups -OCH3 is 1. The Hall–Kier alpha value is -0.120. The molecule has 2 rings (SSSR count). The molecule has 1 heterocycles. The Morgan fingerprint density at radius 3 is 2.67 bits per heavy atom. The summed E-state index contributed by atoms with van der Waals surface area (Å²) >= 11 is 0. The van der Waals surface area contributed by atoms with E-state index in [1.165, 1.54) is 12.8 Å². The van der Waals surface area contributed by atoms with Gasteiger partial charge in [0.25, 0.3) is 0 Å². The van der Waals surface area contributed by atoms with E-state index >= 15 is 0 Å². The first-order chi connectivity index (χ1) is 5.81. The molecule has 0 radical (unpaired) electrons. The molecule has 70 valence electrons. The standard InChI is InChI=1S/C9H17NO2/c1-12-8-4-5-10(6-8)9(11)7-2-3-7/h7-9,11H,2-6H2,1H3. The quantitative estimate of drug-likeness (QED) is 0.668. The van der Waals surface area contributed by atoms with Crippen molar-refractivity contribution in [2.24, 2.45) is 5.92 Å². The molecule has 2 aliphatic rings. The molecule has 2 unspecified atom stereocenters. The molecule has 1 saturated heterocycles. The molecule has 0 bridgehead atoms. The van der Waals surface area contributed by atoms with Crippen LogP contribution in [-0.2, 0) is 4.74 Å². The Bertz CT molecular complexity index is 159. The first-order valence-corrected chi connectivity index (χ1v) is 4.76. The molecule has 12 heavy (non-hydrogen) atoms. The van der Waals surface area contributed by atoms with Crippen molar-refractivity contribution in [3.8, 4) is 0 Å². The van der Waals surface area contributed by atoms with Crippen LogP contribution in [0.5, 0.6) is 0 Å². The average molecular weight is 171 g/mol. The average Bonchev–Trinajstić information content (AvgIpc) is 2.82. The smallest absolute Gasteiger partial charge is 0.110 e. The second-order valence-corrected chi connectivity index (χ2v) is 3.89. The summed E-state index contributed by atoms with van der Waals surface area (Å²) in [5.74, 6) is 0.556. The second kappa shape index (κ2) is 3.32. The van der Waals surface area contributed by atoms with Crippen LogP contribution in [0, 0.1) is 5.92 Å². The molecule has 0 spiro atoms. The molecule has 3 nitrogen and oxygen atoms in total. The fraction of sp³-hybridized carbons (Fsp3) is 1.00. The van der Waals surface area contributed by atoms with Crippen LogP contribution in [0.4, 0.5) is 0 Å². The Kier molecular flexibility index (Phi) is 2.35. The topological polar surface area (TPSA) is 32.7 Å². The lowest BCUT2D eigenvalue weighted by molar-refractivity contribution is -0.00820. The minimum Gasteiger partial charge on any atom is -0.380 e. The van der Waals surface area contributed by atoms with Crippen molar-refractivity contribution in [2.45, 2.75) is 31.6 Å². The van der Waals surface area contributed by atoms with Crippen LogP contribution in [-0.4, -0.2) is 42.5 Å². The maximum Gasteiger partial charge on any atom is 0.110 e. The van der Waals surface area contributed by atoms with E-state index in [4.69, 9.17) is 4.74 Å². The molecule has 1 aliphatic carbocycles. The molecular formula is C9H17NO2. The highest BCUT2D eigenvalue weighted by Gasteiger charge is 2.36. The van der Waals surface area contributed by atoms with Crippen molar-refractivity contribution >= 4 is 0 Å². The number of aliphatic hydroxyl groups excluding tert-OH is 1. The molecule has 2 fully saturated rings. The van der Waals surface area contributed by atoms with Crippen molar-refractivity contribution in [2.75, 3.05) is 20.2 Å². The van der Waals surface area contributed by atoms with Gasteiger partial charge in [0.15, 0.2) is 0 Å². The molecular weight excluding hydrogens is 154 g/mol. The Morgan fingerprint density at radius 1 is 1.42 bits per heavy atom. The van der Waals surface area contributed by atoms with Crippen molar-refractivity contribution in [3.05, 3.63) is 0 Å². The van der Waals surface area contributed by atoms with Gasteiger partial charge in [0.2, 0.25) is 0 Å². The number of nitrogens with zero attached hydrogens (tertiary/aromatic N) is 1. The van der Waals surface area contributed by atoms with Crippen molar-refractivity contribution in [1.82, 2.24) is 4.90 Å². The second-order valence-electron chi connectivity index (χ2n) is 3.89. The summed E-state index contributed by atoms with van der Waals surface area (Å²) in [5.41, 5.74) is 0. The van der Waals surface area contributed by atoms with Gasteiger partial charge in [-0.15, -0.1) is 0 Å². The summed E-state index contributed by atoms with van der Waals surface area (Å²) in [7, 11) is 1.75. The molecule has 3 heteroatoms. The predicted molar refractivity (Wildman–Crippen MR) is 45.7 cm³/mol. The van der Waals surface area contributed by atoms with Crippen LogP contribution in [0.1, 0.15) is 19.3 Å². The fourth-order valence-corrected chi connectivity index (χ4v) is 1.88. The zero-order valence-electron chi connectivity index (χ0n) is 7.57. The number of hydrogen-bond acceptors (Lipinski definition) is 3. The zero-order valence-corrected chi connectivity index (χ0v) is 7.57. The number of rotatable bonds is 3. The van der Waals surface area contributed by atoms with Crippen molar-refractivity contribution in [3.63, 3.8) is 0 Å². The third-order valence-corrected chi connectivity index (χ3v) is 2.93. The van der Waals surface area contributed by atoms with Crippen LogP contribution in [0.2, 0.25) is 0 Å². The molecule has 0 aromatic rings. The largest absolute Gasteiger partial charge is 0.380 e. The Morgan fingerprint density at radius 2 is 2.17 bits per heavy atom. The highest BCUT2D eigenvalue weighted by Crippen LogP contribution is 2.35. The van der Waals surface area contributed by atoms with Crippen LogP contribution in [0.15, 0.2) is 0 Å². The summed E-state index contributed by atoms with van der Waals surface area (Å²) in [4.78, 5) is 2.14. The number of hydrogen-bond donors (Lipinski definition) is 1. The van der Waals surface area contributed by atoms with E-state index in [1.54, 1.807) is 7.11 Å². The van der Waals surface area contributed by atoms with E-state index in [9.17, 15) is 5.11 Å². The summed E-state index contributed by atoms with van der Waals surface area (Å²) in [6, 6.07) is 0. The maximum atomic E-state index is 9.77. The SMILES string of the molecule is COC1CCN(C(O)C2CC2)C1. The summed E-state index contributed by atoms with van der Waals surface area (Å²) < 4.78 is 5.24. The van der Waals surface area contributed by atoms with Gasteiger partial charge in [-0.1, -0.05) is 0 Å². The third-order valence-electron chi connectivity index (χ3n) is 2.93. The third kappa shape index (κ3) is 1.63. The molecule has 1 aliphatic heterocycles. The van der Waals surface area contributed by atoms with Gasteiger partial charge >= 0.3 is 0 Å². The molecule has 0 aromatic heterocycles. The molecule has 0 amide bonds. The van der Waals surface area contributed by atoms with E-state index in [1.807, 2.05) is 0 Å². The number of ether oxygens (including phenoxy) is 1. The molecule has 1 saturated carbocycles. The van der Waals surface area contributed by atoms with Crippen molar-refractivity contribution < 1.29 is 9.84 Å². The maximum absolute atomic E-state index is 9.77. The van der Waals surface area contributed by atoms with Gasteiger partial charge in [-0.3, -0.25) is 4.90 Å². The van der Waals surface area contributed by atoms with E-state index < -0.39 is 0 Å². The molecule has 0 aromatic carbocycles. The van der Waals surface area contributed by atoms with E-state index in [2.05, 4.69) is 4.90 Å². The van der Waals surface area contributed by atoms with Gasteiger partial charge in [-0.2, -0.15) is 0 Å². The van der Waals surface area contributed by atoms with E-state index in [0.29, 0.717) is 12.0 Å². The Balaban J connectivity index is 1.81. The zero-order chi connectivity index (χ0) is 8.55. The first-order valence-electron chi connectivity index (χ1n) is 4.76. The van der Waals surface area contributed by atoms with Crippen LogP contribution in [0.3, 0.4) is 0 Å². The van der Waals surface area contributed by atoms with Gasteiger partial charge in [0, 0.05) is 20.2 Å². The number of likely N-dealkylation sites (tertiary alicyclic amines) is 1. The highest BCUT2D eigenvalue weighted by molar-refractivity contribution is 4.85. The van der Waals surface area contributed by atoms with Gasteiger partial charge in [-0.05, 0) is 25.2 Å². The van der Waals surface area contributed by atoms with Crippen LogP contribution < -0.4 is 0 Å². The van der Waals surface area contributed by atoms with Crippen molar-refractivity contribution in [1.29, 1.82) is 0 Å². The van der Waals surface area contributed by atoms with Gasteiger partial charge in [0.05, 0.1) is 6.10 Å². The lowest BCUT2D eigenvalue weighted by Crippen LogP contribution is -2.35.